The monoisotopic (exact) mass is 571 g/mol. The molecule has 204 valence electrons. The zero-order valence-electron chi connectivity index (χ0n) is 18.4. The molecule has 0 aromatic heterocycles. The Morgan fingerprint density at radius 3 is 2.36 bits per heavy atom. The molecule has 1 fully saturated rings. The van der Waals surface area contributed by atoms with Crippen molar-refractivity contribution in [3.05, 3.63) is 53.8 Å². The zero-order chi connectivity index (χ0) is 26.9. The van der Waals surface area contributed by atoms with Crippen LogP contribution in [0.4, 0.5) is 30.7 Å². The molecule has 1 aliphatic rings. The van der Waals surface area contributed by atoms with Gasteiger partial charge in [0.2, 0.25) is 0 Å². The fraction of sp³-hybridized carbons (Fsp3) is 0.381. The van der Waals surface area contributed by atoms with Crippen molar-refractivity contribution < 1.29 is 70.3 Å². The first-order valence-corrected chi connectivity index (χ1v) is 10.1. The molecule has 0 saturated carbocycles. The number of primary amides is 1. The van der Waals surface area contributed by atoms with Crippen LogP contribution in [-0.4, -0.2) is 46.3 Å². The van der Waals surface area contributed by atoms with Gasteiger partial charge in [0, 0.05) is 0 Å². The number of allylic oxidation sites excluding steroid dienone is 1. The van der Waals surface area contributed by atoms with E-state index in [0.717, 1.165) is 25.1 Å². The predicted molar refractivity (Wildman–Crippen MR) is 107 cm³/mol. The molecule has 5 N–H and O–H groups in total. The molecule has 36 heavy (non-hydrogen) atoms. The van der Waals surface area contributed by atoms with Crippen molar-refractivity contribution in [2.75, 3.05) is 0 Å². The molecule has 15 heteroatoms. The van der Waals surface area contributed by atoms with E-state index in [9.17, 15) is 40.3 Å². The van der Waals surface area contributed by atoms with E-state index in [-0.39, 0.29) is 11.2 Å². The van der Waals surface area contributed by atoms with Crippen LogP contribution in [0.3, 0.4) is 0 Å². The maximum atomic E-state index is 14.4. The second-order valence-electron chi connectivity index (χ2n) is 7.55. The zero-order valence-corrected chi connectivity index (χ0v) is 19.4. The standard InChI is InChI=1S/C21H18F7N2O4.Ni.H2O/c1-4-10(5-8-13(29)31)30-18(32)17-14(9(2)20(3,34-17)21(26,27)28)11-6-7-12(22)15(23)16(11)33-19(24)25;;/h1,4-7,9,14,17,19H,2-3H3,(H2,29,31)(H,30,32);;1H2/q-1;;/b10-5+;;/t9-,14-,17-,20+;;/m0../s1. The Labute approximate surface area is 207 Å². The van der Waals surface area contributed by atoms with Gasteiger partial charge in [-0.3, -0.25) is 0 Å². The van der Waals surface area contributed by atoms with Gasteiger partial charge in [0.25, 0.3) is 0 Å². The molecule has 0 unspecified atom stereocenters. The average molecular weight is 572 g/mol. The van der Waals surface area contributed by atoms with Gasteiger partial charge in [0.1, 0.15) is 0 Å². The van der Waals surface area contributed by atoms with Gasteiger partial charge in [0.15, 0.2) is 0 Å². The van der Waals surface area contributed by atoms with Gasteiger partial charge in [-0.2, -0.15) is 0 Å². The molecule has 2 rings (SSSR count). The first kappa shape index (κ1) is 31.3. The van der Waals surface area contributed by atoms with Gasteiger partial charge in [-0.25, -0.2) is 0 Å². The molecule has 1 aromatic rings. The minimum atomic E-state index is -5.07. The molecule has 7 nitrogen and oxygen atoms in total. The van der Waals surface area contributed by atoms with Crippen molar-refractivity contribution in [1.82, 2.24) is 5.32 Å². The number of nitrogens with two attached hydrogens (primary N) is 1. The number of carbonyl (C=O) groups excluding carboxylic acids is 2. The summed E-state index contributed by atoms with van der Waals surface area (Å²) in [5.74, 6) is -10.7. The molecule has 0 bridgehead atoms. The van der Waals surface area contributed by atoms with Crippen LogP contribution in [0.2, 0.25) is 0 Å². The summed E-state index contributed by atoms with van der Waals surface area (Å²) in [5.41, 5.74) is 0.969. The minimum absolute atomic E-state index is 0. The SMILES string of the molecule is O.[CH-]=C/C(=C\[C](=[Ni])C(N)=O)NC(=O)[C@H]1O[C@@](C)(C(F)(F)F)[C@@H](C)[C@H]1c1ccc(F)c(F)c1OC(F)F. The van der Waals surface area contributed by atoms with Crippen molar-refractivity contribution in [2.24, 2.45) is 11.7 Å². The Bertz CT molecular complexity index is 1080. The maximum absolute atomic E-state index is 14.4. The molecular formula is C21H20F7N2NiO5-. The van der Waals surface area contributed by atoms with Crippen LogP contribution in [0.15, 0.2) is 30.0 Å². The number of hydrogen-bond acceptors (Lipinski definition) is 4. The molecule has 1 aromatic carbocycles. The molecular weight excluding hydrogens is 552 g/mol. The van der Waals surface area contributed by atoms with E-state index in [0.29, 0.717) is 13.0 Å². The molecule has 4 atom stereocenters. The number of carbonyl (C=O) groups is 2. The number of benzene rings is 1. The summed E-state index contributed by atoms with van der Waals surface area (Å²) in [6.07, 6.45) is -5.55. The Hall–Kier alpha value is -2.77. The third-order valence-corrected chi connectivity index (χ3v) is 5.90. The molecule has 0 aliphatic carbocycles. The topological polar surface area (TPSA) is 122 Å². The van der Waals surface area contributed by atoms with E-state index in [4.69, 9.17) is 17.0 Å². The predicted octanol–water partition coefficient (Wildman–Crippen LogP) is 2.37. The van der Waals surface area contributed by atoms with E-state index in [2.05, 4.69) is 25.1 Å². The second kappa shape index (κ2) is 11.5. The fourth-order valence-corrected chi connectivity index (χ4v) is 3.73. The molecule has 1 heterocycles. The van der Waals surface area contributed by atoms with Crippen molar-refractivity contribution in [1.29, 1.82) is 0 Å². The first-order valence-electron chi connectivity index (χ1n) is 9.59. The molecule has 1 aliphatic heterocycles. The summed E-state index contributed by atoms with van der Waals surface area (Å²) in [6.45, 7) is 3.29. The Kier molecular flexibility index (Phi) is 10.0. The van der Waals surface area contributed by atoms with Crippen LogP contribution in [0.25, 0.3) is 0 Å². The van der Waals surface area contributed by atoms with E-state index in [1.165, 1.54) is 0 Å². The van der Waals surface area contributed by atoms with E-state index < -0.39 is 75.6 Å². The van der Waals surface area contributed by atoms with Crippen LogP contribution in [0.1, 0.15) is 25.3 Å². The summed E-state index contributed by atoms with van der Waals surface area (Å²) in [5, 5.41) is 2.09. The van der Waals surface area contributed by atoms with Gasteiger partial charge in [-0.05, 0) is 0 Å². The third kappa shape index (κ3) is 6.13. The summed E-state index contributed by atoms with van der Waals surface area (Å²) >= 11 is 4.33. The van der Waals surface area contributed by atoms with Crippen LogP contribution in [-0.2, 0) is 29.4 Å². The fourth-order valence-electron chi connectivity index (χ4n) is 3.58. The van der Waals surface area contributed by atoms with Crippen molar-refractivity contribution in [3.8, 4) is 5.75 Å². The number of nitrogens with one attached hydrogen (secondary N) is 1. The van der Waals surface area contributed by atoms with Crippen LogP contribution >= 0.6 is 0 Å². The number of amides is 2. The second-order valence-corrected chi connectivity index (χ2v) is 8.08. The first-order chi connectivity index (χ1) is 16.0. The molecule has 0 spiro atoms. The van der Waals surface area contributed by atoms with E-state index in [1.54, 1.807) is 0 Å². The Balaban J connectivity index is 0.00000648. The summed E-state index contributed by atoms with van der Waals surface area (Å²) in [6, 6.07) is 1.21. The third-order valence-electron chi connectivity index (χ3n) is 5.51. The van der Waals surface area contributed by atoms with Gasteiger partial charge < -0.3 is 5.48 Å². The van der Waals surface area contributed by atoms with Crippen LogP contribution < -0.4 is 15.8 Å². The van der Waals surface area contributed by atoms with E-state index >= 15 is 0 Å². The van der Waals surface area contributed by atoms with Crippen molar-refractivity contribution in [3.63, 3.8) is 0 Å². The number of alkyl halides is 5. The van der Waals surface area contributed by atoms with Crippen LogP contribution in [0, 0.1) is 24.1 Å². The number of hydrogen-bond donors (Lipinski definition) is 2. The summed E-state index contributed by atoms with van der Waals surface area (Å²) in [7, 11) is 0. The molecule has 1 saturated heterocycles. The number of halogens is 7. The molecule has 2 amide bonds. The Morgan fingerprint density at radius 1 is 1.31 bits per heavy atom. The average Bonchev–Trinajstić information content (AvgIpc) is 3.02. The van der Waals surface area contributed by atoms with Gasteiger partial charge >= 0.3 is 202 Å². The number of ether oxygens (including phenoxy) is 2. The summed E-state index contributed by atoms with van der Waals surface area (Å²) < 4.78 is 104. The van der Waals surface area contributed by atoms with Crippen LogP contribution in [0.5, 0.6) is 5.75 Å². The normalized spacial score (nSPS) is 24.2. The number of rotatable bonds is 8. The van der Waals surface area contributed by atoms with Gasteiger partial charge in [-0.15, -0.1) is 0 Å². The molecule has 0 radical (unpaired) electrons. The van der Waals surface area contributed by atoms with Crippen molar-refractivity contribution >= 4 is 16.3 Å². The van der Waals surface area contributed by atoms with Crippen molar-refractivity contribution in [2.45, 2.75) is 44.3 Å². The van der Waals surface area contributed by atoms with Gasteiger partial charge in [-0.1, -0.05) is 0 Å². The van der Waals surface area contributed by atoms with Gasteiger partial charge in [0.05, 0.1) is 0 Å². The van der Waals surface area contributed by atoms with E-state index in [1.807, 2.05) is 0 Å². The summed E-state index contributed by atoms with van der Waals surface area (Å²) in [4.78, 5) is 24.1. The Morgan fingerprint density at radius 2 is 1.89 bits per heavy atom. The quantitative estimate of drug-likeness (QED) is 0.215.